The maximum atomic E-state index is 10.6. The summed E-state index contributed by atoms with van der Waals surface area (Å²) in [5.41, 5.74) is 0. The van der Waals surface area contributed by atoms with Crippen molar-refractivity contribution in [3.05, 3.63) is 0 Å². The highest BCUT2D eigenvalue weighted by atomic mass is 19.4. The molecule has 0 spiro atoms. The largest absolute Gasteiger partial charge is 0.490 e. The van der Waals surface area contributed by atoms with Crippen LogP contribution in [-0.2, 0) is 9.59 Å². The zero-order chi connectivity index (χ0) is 11.8. The summed E-state index contributed by atoms with van der Waals surface area (Å²) >= 11 is 0. The van der Waals surface area contributed by atoms with Gasteiger partial charge in [-0.3, -0.25) is 4.79 Å². The predicted molar refractivity (Wildman–Crippen MR) is 39.4 cm³/mol. The lowest BCUT2D eigenvalue weighted by molar-refractivity contribution is -0.192. The number of rotatable bonds is 2. The minimum absolute atomic E-state index is 0.0799. The van der Waals surface area contributed by atoms with Crippen LogP contribution >= 0.6 is 0 Å². The van der Waals surface area contributed by atoms with Crippen molar-refractivity contribution in [3.8, 4) is 12.3 Å². The van der Waals surface area contributed by atoms with Crippen LogP contribution < -0.4 is 0 Å². The molecule has 2 N–H and O–H groups in total. The first-order valence-corrected chi connectivity index (χ1v) is 3.17. The van der Waals surface area contributed by atoms with Crippen LogP contribution in [0.2, 0.25) is 0 Å². The molecule has 0 rings (SSSR count). The molecule has 0 fully saturated rings. The highest BCUT2D eigenvalue weighted by Crippen LogP contribution is 2.13. The first-order valence-electron chi connectivity index (χ1n) is 3.17. The zero-order valence-electron chi connectivity index (χ0n) is 6.84. The third-order valence-corrected chi connectivity index (χ3v) is 0.726. The van der Waals surface area contributed by atoms with Crippen molar-refractivity contribution in [1.82, 2.24) is 0 Å². The Kier molecular flexibility index (Phi) is 7.15. The van der Waals surface area contributed by atoms with Crippen molar-refractivity contribution >= 4 is 11.9 Å². The average molecular weight is 212 g/mol. The molecule has 0 saturated heterocycles. The molecule has 0 aromatic rings. The minimum atomic E-state index is -5.08. The number of carboxylic acids is 2. The minimum Gasteiger partial charge on any atom is -0.481 e. The number of halogens is 3. The second kappa shape index (κ2) is 6.77. The Labute approximate surface area is 77.3 Å². The molecule has 0 aliphatic rings. The van der Waals surface area contributed by atoms with Gasteiger partial charge < -0.3 is 10.2 Å². The van der Waals surface area contributed by atoms with Crippen LogP contribution in [0.1, 0.15) is 12.8 Å². The maximum absolute atomic E-state index is 10.6. The SMILES string of the molecule is C#CCCC(=O)O.O=C(O)C(F)(F)F. The first-order chi connectivity index (χ1) is 6.21. The fourth-order valence-corrected chi connectivity index (χ4v) is 0.179. The zero-order valence-corrected chi connectivity index (χ0v) is 6.84. The van der Waals surface area contributed by atoms with Gasteiger partial charge in [0.05, 0.1) is 6.42 Å². The Bertz CT molecular complexity index is 238. The highest BCUT2D eigenvalue weighted by Gasteiger charge is 2.38. The number of aliphatic carboxylic acids is 2. The summed E-state index contributed by atoms with van der Waals surface area (Å²) in [6.45, 7) is 0. The normalized spacial score (nSPS) is 9.29. The van der Waals surface area contributed by atoms with Crippen molar-refractivity contribution in [3.63, 3.8) is 0 Å². The molecular formula is C7H7F3O4. The van der Waals surface area contributed by atoms with Gasteiger partial charge in [0.1, 0.15) is 0 Å². The third-order valence-electron chi connectivity index (χ3n) is 0.726. The number of carboxylic acid groups (broad SMARTS) is 2. The molecule has 0 aliphatic heterocycles. The number of alkyl halides is 3. The van der Waals surface area contributed by atoms with Crippen molar-refractivity contribution in [2.45, 2.75) is 19.0 Å². The summed E-state index contributed by atoms with van der Waals surface area (Å²) in [5, 5.41) is 15.1. The van der Waals surface area contributed by atoms with E-state index in [0.717, 1.165) is 0 Å². The predicted octanol–water partition coefficient (Wildman–Crippen LogP) is 1.12. The van der Waals surface area contributed by atoms with Gasteiger partial charge in [0.25, 0.3) is 0 Å². The van der Waals surface area contributed by atoms with Crippen molar-refractivity contribution in [1.29, 1.82) is 0 Å². The van der Waals surface area contributed by atoms with E-state index >= 15 is 0 Å². The van der Waals surface area contributed by atoms with Gasteiger partial charge in [-0.05, 0) is 0 Å². The highest BCUT2D eigenvalue weighted by molar-refractivity contribution is 5.73. The molecule has 0 radical (unpaired) electrons. The van der Waals surface area contributed by atoms with Gasteiger partial charge in [-0.1, -0.05) is 0 Å². The number of terminal acetylenes is 1. The lowest BCUT2D eigenvalue weighted by Gasteiger charge is -1.93. The molecular weight excluding hydrogens is 205 g/mol. The Morgan fingerprint density at radius 1 is 1.29 bits per heavy atom. The van der Waals surface area contributed by atoms with E-state index in [0.29, 0.717) is 6.42 Å². The Balaban J connectivity index is 0. The molecule has 80 valence electrons. The van der Waals surface area contributed by atoms with E-state index in [1.165, 1.54) is 0 Å². The van der Waals surface area contributed by atoms with Crippen LogP contribution in [0.15, 0.2) is 0 Å². The topological polar surface area (TPSA) is 74.6 Å². The summed E-state index contributed by atoms with van der Waals surface area (Å²) in [4.78, 5) is 18.6. The Morgan fingerprint density at radius 2 is 1.64 bits per heavy atom. The van der Waals surface area contributed by atoms with Gasteiger partial charge in [0.15, 0.2) is 0 Å². The monoisotopic (exact) mass is 212 g/mol. The third kappa shape index (κ3) is 12.9. The summed E-state index contributed by atoms with van der Waals surface area (Å²) in [6.07, 6.45) is 0.0887. The number of carbonyl (C=O) groups is 2. The van der Waals surface area contributed by atoms with E-state index in [-0.39, 0.29) is 6.42 Å². The van der Waals surface area contributed by atoms with Crippen molar-refractivity contribution in [2.24, 2.45) is 0 Å². The van der Waals surface area contributed by atoms with E-state index in [9.17, 15) is 18.0 Å². The average Bonchev–Trinajstić information content (AvgIpc) is 2.00. The molecule has 0 heterocycles. The molecule has 0 aromatic carbocycles. The lowest BCUT2D eigenvalue weighted by atomic mass is 10.3. The summed E-state index contributed by atoms with van der Waals surface area (Å²) < 4.78 is 31.7. The molecule has 0 saturated carbocycles. The summed E-state index contributed by atoms with van der Waals surface area (Å²) in [6, 6.07) is 0. The summed E-state index contributed by atoms with van der Waals surface area (Å²) in [5.74, 6) is -1.37. The van der Waals surface area contributed by atoms with E-state index < -0.39 is 18.1 Å². The van der Waals surface area contributed by atoms with Gasteiger partial charge in [0, 0.05) is 6.42 Å². The first kappa shape index (κ1) is 14.8. The molecule has 0 unspecified atom stereocenters. The van der Waals surface area contributed by atoms with Crippen molar-refractivity contribution in [2.75, 3.05) is 0 Å². The molecule has 0 bridgehead atoms. The van der Waals surface area contributed by atoms with Crippen LogP contribution in [0, 0.1) is 12.3 Å². The quantitative estimate of drug-likeness (QED) is 0.672. The molecule has 0 aromatic heterocycles. The van der Waals surface area contributed by atoms with Crippen LogP contribution in [0.5, 0.6) is 0 Å². The Morgan fingerprint density at radius 3 is 1.71 bits per heavy atom. The van der Waals surface area contributed by atoms with Gasteiger partial charge in [-0.15, -0.1) is 12.3 Å². The fourth-order valence-electron chi connectivity index (χ4n) is 0.179. The van der Waals surface area contributed by atoms with E-state index in [2.05, 4.69) is 5.92 Å². The van der Waals surface area contributed by atoms with E-state index in [4.69, 9.17) is 21.4 Å². The van der Waals surface area contributed by atoms with Crippen LogP contribution in [0.3, 0.4) is 0 Å². The summed E-state index contributed by atoms with van der Waals surface area (Å²) in [7, 11) is 0. The number of hydrogen-bond donors (Lipinski definition) is 2. The molecule has 0 aliphatic carbocycles. The standard InChI is InChI=1S/C5H6O2.C2HF3O2/c1-2-3-4-5(6)7;3-2(4,5)1(6)7/h1H,3-4H2,(H,6,7);(H,6,7). The van der Waals surface area contributed by atoms with Gasteiger partial charge in [0.2, 0.25) is 0 Å². The van der Waals surface area contributed by atoms with E-state index in [1.807, 2.05) is 0 Å². The van der Waals surface area contributed by atoms with Crippen LogP contribution in [0.25, 0.3) is 0 Å². The second-order valence-corrected chi connectivity index (χ2v) is 1.90. The van der Waals surface area contributed by atoms with Crippen LogP contribution in [0.4, 0.5) is 13.2 Å². The fraction of sp³-hybridized carbons (Fsp3) is 0.429. The smallest absolute Gasteiger partial charge is 0.481 e. The van der Waals surface area contributed by atoms with Crippen molar-refractivity contribution < 1.29 is 33.0 Å². The lowest BCUT2D eigenvalue weighted by Crippen LogP contribution is -2.21. The van der Waals surface area contributed by atoms with Crippen LogP contribution in [-0.4, -0.2) is 28.3 Å². The van der Waals surface area contributed by atoms with Gasteiger partial charge in [-0.2, -0.15) is 13.2 Å². The van der Waals surface area contributed by atoms with Gasteiger partial charge in [-0.25, -0.2) is 4.79 Å². The van der Waals surface area contributed by atoms with E-state index in [1.54, 1.807) is 0 Å². The Hall–Kier alpha value is -1.71. The molecule has 0 amide bonds. The molecule has 14 heavy (non-hydrogen) atoms. The van der Waals surface area contributed by atoms with Gasteiger partial charge >= 0.3 is 18.1 Å². The molecule has 4 nitrogen and oxygen atoms in total. The maximum Gasteiger partial charge on any atom is 0.490 e. The molecule has 7 heteroatoms. The second-order valence-electron chi connectivity index (χ2n) is 1.90. The number of hydrogen-bond acceptors (Lipinski definition) is 2. The molecule has 0 atom stereocenters.